The number of carbonyl (C=O) groups is 3. The van der Waals surface area contributed by atoms with Gasteiger partial charge in [-0.05, 0) is 23.7 Å². The van der Waals surface area contributed by atoms with Crippen molar-refractivity contribution < 1.29 is 33.4 Å². The van der Waals surface area contributed by atoms with E-state index in [1.54, 1.807) is 0 Å². The highest BCUT2D eigenvalue weighted by Gasteiger charge is 2.37. The first kappa shape index (κ1) is 28.6. The zero-order valence-corrected chi connectivity index (χ0v) is 21.5. The van der Waals surface area contributed by atoms with Crippen molar-refractivity contribution in [2.24, 2.45) is 0 Å². The second kappa shape index (κ2) is 13.3. The second-order valence-corrected chi connectivity index (χ2v) is 14.2. The van der Waals surface area contributed by atoms with Gasteiger partial charge in [-0.1, -0.05) is 51.1 Å². The molecule has 0 saturated heterocycles. The third-order valence-electron chi connectivity index (χ3n) is 5.61. The number of esters is 1. The van der Waals surface area contributed by atoms with Crippen LogP contribution in [0.3, 0.4) is 0 Å². The Morgan fingerprint density at radius 3 is 2.33 bits per heavy atom. The average molecular weight is 483 g/mol. The van der Waals surface area contributed by atoms with Crippen molar-refractivity contribution in [3.05, 3.63) is 35.9 Å². The van der Waals surface area contributed by atoms with E-state index in [-0.39, 0.29) is 31.0 Å². The van der Waals surface area contributed by atoms with Gasteiger partial charge < -0.3 is 29.6 Å². The normalized spacial score (nSPS) is 13.5. The summed E-state index contributed by atoms with van der Waals surface area (Å²) in [4.78, 5) is 36.1. The highest BCUT2D eigenvalue weighted by atomic mass is 28.4. The molecule has 1 aromatic carbocycles. The molecule has 0 fully saturated rings. The van der Waals surface area contributed by atoms with Gasteiger partial charge in [0.1, 0.15) is 12.6 Å². The van der Waals surface area contributed by atoms with Crippen LogP contribution in [0.2, 0.25) is 18.1 Å². The molecule has 0 aliphatic rings. The zero-order valence-electron chi connectivity index (χ0n) is 20.5. The number of carbonyl (C=O) groups excluding carboxylic acids is 3. The number of rotatable bonds is 12. The van der Waals surface area contributed by atoms with Crippen LogP contribution < -0.4 is 10.6 Å². The summed E-state index contributed by atoms with van der Waals surface area (Å²) in [5.41, 5.74) is 0.832. The van der Waals surface area contributed by atoms with Gasteiger partial charge in [0.15, 0.2) is 8.32 Å². The molecule has 186 valence electrons. The fourth-order valence-corrected chi connectivity index (χ4v) is 3.62. The van der Waals surface area contributed by atoms with E-state index in [1.807, 2.05) is 30.3 Å². The maximum absolute atomic E-state index is 12.3. The van der Waals surface area contributed by atoms with Crippen LogP contribution in [0.25, 0.3) is 0 Å². The molecule has 0 bridgehead atoms. The number of alkyl carbamates (subject to hydrolysis) is 1. The lowest BCUT2D eigenvalue weighted by Gasteiger charge is -2.36. The number of hydrogen-bond donors (Lipinski definition) is 3. The van der Waals surface area contributed by atoms with Gasteiger partial charge in [-0.25, -0.2) is 9.59 Å². The molecule has 1 rings (SSSR count). The van der Waals surface area contributed by atoms with Crippen LogP contribution in [0.5, 0.6) is 0 Å². The highest BCUT2D eigenvalue weighted by molar-refractivity contribution is 6.74. The largest absolute Gasteiger partial charge is 0.467 e. The lowest BCUT2D eigenvalue weighted by atomic mass is 10.2. The molecule has 0 aliphatic heterocycles. The smallest absolute Gasteiger partial charge is 0.407 e. The molecular formula is C23H38N2O7Si. The number of hydrogen-bond acceptors (Lipinski definition) is 7. The van der Waals surface area contributed by atoms with Gasteiger partial charge in [0.25, 0.3) is 0 Å². The van der Waals surface area contributed by atoms with Crippen LogP contribution >= 0.6 is 0 Å². The molecule has 2 amide bonds. The summed E-state index contributed by atoms with van der Waals surface area (Å²) in [6, 6.07) is 8.28. The van der Waals surface area contributed by atoms with E-state index in [4.69, 9.17) is 13.9 Å². The summed E-state index contributed by atoms with van der Waals surface area (Å²) in [7, 11) is -0.744. The van der Waals surface area contributed by atoms with E-state index in [2.05, 4.69) is 44.5 Å². The minimum Gasteiger partial charge on any atom is -0.467 e. The molecule has 1 aromatic rings. The number of ether oxygens (including phenoxy) is 2. The van der Waals surface area contributed by atoms with E-state index in [9.17, 15) is 19.5 Å². The molecule has 33 heavy (non-hydrogen) atoms. The summed E-state index contributed by atoms with van der Waals surface area (Å²) >= 11 is 0. The maximum Gasteiger partial charge on any atom is 0.407 e. The Kier molecular flexibility index (Phi) is 11.5. The molecule has 10 heteroatoms. The highest BCUT2D eigenvalue weighted by Crippen LogP contribution is 2.36. The van der Waals surface area contributed by atoms with E-state index in [1.165, 1.54) is 7.11 Å². The number of amides is 2. The SMILES string of the molecule is COC(=O)[C@@H](CCO[Si](C)(C)C(C)(C)C)NC(=O)C[C@@H](O)CNC(=O)OCc1ccccc1. The monoisotopic (exact) mass is 482 g/mol. The lowest BCUT2D eigenvalue weighted by molar-refractivity contribution is -0.145. The topological polar surface area (TPSA) is 123 Å². The van der Waals surface area contributed by atoms with Crippen molar-refractivity contribution >= 4 is 26.3 Å². The van der Waals surface area contributed by atoms with Crippen LogP contribution in [-0.4, -0.2) is 63.8 Å². The molecule has 0 radical (unpaired) electrons. The molecular weight excluding hydrogens is 444 g/mol. The van der Waals surface area contributed by atoms with Crippen LogP contribution in [0, 0.1) is 0 Å². The van der Waals surface area contributed by atoms with Gasteiger partial charge in [0.05, 0.1) is 19.6 Å². The first-order valence-electron chi connectivity index (χ1n) is 11.0. The van der Waals surface area contributed by atoms with E-state index < -0.39 is 38.4 Å². The molecule has 3 N–H and O–H groups in total. The quantitative estimate of drug-likeness (QED) is 0.309. The first-order valence-corrected chi connectivity index (χ1v) is 13.9. The molecule has 0 aromatic heterocycles. The first-order chi connectivity index (χ1) is 15.4. The Morgan fingerprint density at radius 2 is 1.76 bits per heavy atom. The Bertz CT molecular complexity index is 766. The molecule has 0 aliphatic carbocycles. The average Bonchev–Trinajstić information content (AvgIpc) is 2.74. The molecule has 9 nitrogen and oxygen atoms in total. The Morgan fingerprint density at radius 1 is 1.12 bits per heavy atom. The van der Waals surface area contributed by atoms with E-state index >= 15 is 0 Å². The number of aliphatic hydroxyl groups is 1. The second-order valence-electron chi connectivity index (χ2n) is 9.34. The molecule has 0 heterocycles. The number of benzene rings is 1. The predicted molar refractivity (Wildman–Crippen MR) is 127 cm³/mol. The predicted octanol–water partition coefficient (Wildman–Crippen LogP) is 2.73. The zero-order chi connectivity index (χ0) is 25.1. The van der Waals surface area contributed by atoms with E-state index in [0.29, 0.717) is 6.61 Å². The molecule has 2 atom stereocenters. The van der Waals surface area contributed by atoms with Crippen LogP contribution in [0.4, 0.5) is 4.79 Å². The number of nitrogens with one attached hydrogen (secondary N) is 2. The van der Waals surface area contributed by atoms with Gasteiger partial charge in [0.2, 0.25) is 5.91 Å². The van der Waals surface area contributed by atoms with Crippen molar-refractivity contribution in [2.75, 3.05) is 20.3 Å². The standard InChI is InChI=1S/C23H38N2O7Si/c1-23(2,3)33(5,6)32-13-12-19(21(28)30-4)25-20(27)14-18(26)15-24-22(29)31-16-17-10-8-7-9-11-17/h7-11,18-19,26H,12-16H2,1-6H3,(H,24,29)(H,25,27)/t18-,19-/m1/s1. The fraction of sp³-hybridized carbons (Fsp3) is 0.609. The Labute approximate surface area is 197 Å². The van der Waals surface area contributed by atoms with Gasteiger partial charge >= 0.3 is 12.1 Å². The minimum atomic E-state index is -1.99. The third kappa shape index (κ3) is 10.8. The maximum atomic E-state index is 12.3. The molecule has 0 saturated carbocycles. The summed E-state index contributed by atoms with van der Waals surface area (Å²) in [5.74, 6) is -1.12. The van der Waals surface area contributed by atoms with E-state index in [0.717, 1.165) is 5.56 Å². The Hall–Kier alpha value is -2.43. The van der Waals surface area contributed by atoms with Crippen molar-refractivity contribution in [1.82, 2.24) is 10.6 Å². The number of methoxy groups -OCH3 is 1. The number of aliphatic hydroxyl groups excluding tert-OH is 1. The minimum absolute atomic E-state index is 0.0242. The summed E-state index contributed by atoms with van der Waals surface area (Å²) in [6.07, 6.45) is -1.88. The van der Waals surface area contributed by atoms with Crippen molar-refractivity contribution in [2.45, 2.75) is 70.5 Å². The van der Waals surface area contributed by atoms with Crippen molar-refractivity contribution in [3.8, 4) is 0 Å². The molecule has 0 unspecified atom stereocenters. The molecule has 0 spiro atoms. The van der Waals surface area contributed by atoms with Crippen molar-refractivity contribution in [1.29, 1.82) is 0 Å². The third-order valence-corrected chi connectivity index (χ3v) is 10.2. The van der Waals surface area contributed by atoms with Crippen LogP contribution in [0.15, 0.2) is 30.3 Å². The van der Waals surface area contributed by atoms with Gasteiger partial charge in [-0.3, -0.25) is 4.79 Å². The summed E-state index contributed by atoms with van der Waals surface area (Å²) < 4.78 is 15.9. The lowest BCUT2D eigenvalue weighted by Crippen LogP contribution is -2.46. The van der Waals surface area contributed by atoms with Crippen LogP contribution in [0.1, 0.15) is 39.2 Å². The van der Waals surface area contributed by atoms with Crippen LogP contribution in [-0.2, 0) is 30.1 Å². The van der Waals surface area contributed by atoms with Crippen molar-refractivity contribution in [3.63, 3.8) is 0 Å². The van der Waals surface area contributed by atoms with Gasteiger partial charge in [-0.2, -0.15) is 0 Å². The fourth-order valence-electron chi connectivity index (χ4n) is 2.55. The summed E-state index contributed by atoms with van der Waals surface area (Å²) in [6.45, 7) is 10.8. The van der Waals surface area contributed by atoms with Gasteiger partial charge in [-0.15, -0.1) is 0 Å². The Balaban J connectivity index is 2.43. The summed E-state index contributed by atoms with van der Waals surface area (Å²) in [5, 5.41) is 15.1. The van der Waals surface area contributed by atoms with Gasteiger partial charge in [0, 0.05) is 19.6 Å².